The van der Waals surface area contributed by atoms with Gasteiger partial charge in [0, 0.05) is 32.4 Å². The van der Waals surface area contributed by atoms with Gasteiger partial charge in [-0.1, -0.05) is 12.1 Å². The van der Waals surface area contributed by atoms with E-state index in [-0.39, 0.29) is 23.6 Å². The number of carbonyl (C=O) groups is 2. The summed E-state index contributed by atoms with van der Waals surface area (Å²) in [5.41, 5.74) is 1.56. The molecule has 0 fully saturated rings. The fraction of sp³-hybridized carbons (Fsp3) is 0.300. The number of nitrogens with one attached hydrogen (secondary N) is 1. The first-order valence-corrected chi connectivity index (χ1v) is 8.93. The Morgan fingerprint density at radius 2 is 1.83 bits per heavy atom. The first-order valence-electron chi connectivity index (χ1n) is 8.93. The molecule has 2 aromatic rings. The predicted molar refractivity (Wildman–Crippen MR) is 107 cm³/mol. The van der Waals surface area contributed by atoms with Crippen molar-refractivity contribution in [1.82, 2.24) is 5.32 Å². The van der Waals surface area contributed by atoms with Crippen LogP contribution in [0.3, 0.4) is 0 Å². The van der Waals surface area contributed by atoms with Crippen LogP contribution in [0.5, 0.6) is 5.75 Å². The van der Waals surface area contributed by atoms with Crippen LogP contribution in [-0.4, -0.2) is 44.1 Å². The second kappa shape index (κ2) is 10.1. The summed E-state index contributed by atoms with van der Waals surface area (Å²) in [6.45, 7) is 1.75. The standard InChI is InChI=1S/C20H23N3O6/c1-4-28-18-10-7-15(11-17(18)23(26)27)20(25)29-13-19(24)21-12-14-5-8-16(9-6-14)22(2)3/h5-11H,4,12-13H2,1-3H3,(H,21,24). The molecule has 9 nitrogen and oxygen atoms in total. The molecule has 0 bridgehead atoms. The third-order valence-electron chi connectivity index (χ3n) is 3.97. The maximum absolute atomic E-state index is 12.1. The molecule has 0 aliphatic heterocycles. The molecule has 0 radical (unpaired) electrons. The van der Waals surface area contributed by atoms with E-state index in [2.05, 4.69) is 5.32 Å². The second-order valence-electron chi connectivity index (χ2n) is 6.29. The van der Waals surface area contributed by atoms with Gasteiger partial charge in [-0.3, -0.25) is 14.9 Å². The lowest BCUT2D eigenvalue weighted by molar-refractivity contribution is -0.385. The minimum Gasteiger partial charge on any atom is -0.487 e. The molecule has 2 rings (SSSR count). The van der Waals surface area contributed by atoms with E-state index in [1.54, 1.807) is 6.92 Å². The van der Waals surface area contributed by atoms with E-state index in [1.165, 1.54) is 12.1 Å². The average Bonchev–Trinajstić information content (AvgIpc) is 2.71. The van der Waals surface area contributed by atoms with Gasteiger partial charge in [0.2, 0.25) is 0 Å². The molecule has 0 aliphatic rings. The number of ether oxygens (including phenoxy) is 2. The third kappa shape index (κ3) is 6.20. The van der Waals surface area contributed by atoms with Crippen molar-refractivity contribution in [1.29, 1.82) is 0 Å². The Kier molecular flexibility index (Phi) is 7.53. The number of amides is 1. The van der Waals surface area contributed by atoms with Crippen molar-refractivity contribution < 1.29 is 24.0 Å². The summed E-state index contributed by atoms with van der Waals surface area (Å²) in [5.74, 6) is -1.25. The quantitative estimate of drug-likeness (QED) is 0.390. The van der Waals surface area contributed by atoms with Crippen molar-refractivity contribution >= 4 is 23.3 Å². The highest BCUT2D eigenvalue weighted by atomic mass is 16.6. The normalized spacial score (nSPS) is 10.2. The monoisotopic (exact) mass is 401 g/mol. The van der Waals surface area contributed by atoms with E-state index >= 15 is 0 Å². The Labute approximate surface area is 168 Å². The van der Waals surface area contributed by atoms with Gasteiger partial charge in [-0.25, -0.2) is 4.79 Å². The van der Waals surface area contributed by atoms with E-state index in [1.807, 2.05) is 43.3 Å². The molecule has 9 heteroatoms. The number of hydrogen-bond donors (Lipinski definition) is 1. The van der Waals surface area contributed by atoms with Gasteiger partial charge in [-0.15, -0.1) is 0 Å². The number of benzene rings is 2. The number of esters is 1. The number of anilines is 1. The Morgan fingerprint density at radius 1 is 1.14 bits per heavy atom. The van der Waals surface area contributed by atoms with Gasteiger partial charge in [-0.05, 0) is 36.8 Å². The summed E-state index contributed by atoms with van der Waals surface area (Å²) >= 11 is 0. The molecule has 0 spiro atoms. The molecule has 0 unspecified atom stereocenters. The number of rotatable bonds is 9. The molecule has 1 amide bonds. The number of nitrogens with zero attached hydrogens (tertiary/aromatic N) is 2. The molecule has 1 N–H and O–H groups in total. The van der Waals surface area contributed by atoms with Crippen molar-refractivity contribution in [2.45, 2.75) is 13.5 Å². The highest BCUT2D eigenvalue weighted by Gasteiger charge is 2.20. The third-order valence-corrected chi connectivity index (χ3v) is 3.97. The van der Waals surface area contributed by atoms with Gasteiger partial charge in [0.05, 0.1) is 17.1 Å². The van der Waals surface area contributed by atoms with Crippen LogP contribution in [0.1, 0.15) is 22.8 Å². The maximum atomic E-state index is 12.1. The fourth-order valence-electron chi connectivity index (χ4n) is 2.44. The molecule has 0 aromatic heterocycles. The molecule has 0 aliphatic carbocycles. The first-order chi connectivity index (χ1) is 13.8. The fourth-order valence-corrected chi connectivity index (χ4v) is 2.44. The van der Waals surface area contributed by atoms with Gasteiger partial charge < -0.3 is 19.7 Å². The molecular weight excluding hydrogens is 378 g/mol. The molecule has 154 valence electrons. The summed E-state index contributed by atoms with van der Waals surface area (Å²) in [6.07, 6.45) is 0. The van der Waals surface area contributed by atoms with Crippen LogP contribution in [-0.2, 0) is 16.1 Å². The molecule has 0 saturated carbocycles. The number of hydrogen-bond acceptors (Lipinski definition) is 7. The second-order valence-corrected chi connectivity index (χ2v) is 6.29. The summed E-state index contributed by atoms with van der Waals surface area (Å²) in [4.78, 5) is 36.5. The summed E-state index contributed by atoms with van der Waals surface area (Å²) < 4.78 is 10.1. The maximum Gasteiger partial charge on any atom is 0.338 e. The Morgan fingerprint density at radius 3 is 2.41 bits per heavy atom. The molecular formula is C20H23N3O6. The molecule has 0 heterocycles. The van der Waals surface area contributed by atoms with Crippen LogP contribution >= 0.6 is 0 Å². The lowest BCUT2D eigenvalue weighted by atomic mass is 10.2. The van der Waals surface area contributed by atoms with E-state index in [0.29, 0.717) is 6.54 Å². The van der Waals surface area contributed by atoms with E-state index in [0.717, 1.165) is 17.3 Å². The van der Waals surface area contributed by atoms with Crippen LogP contribution in [0.15, 0.2) is 42.5 Å². The highest BCUT2D eigenvalue weighted by Crippen LogP contribution is 2.28. The van der Waals surface area contributed by atoms with Crippen molar-refractivity contribution in [2.24, 2.45) is 0 Å². The van der Waals surface area contributed by atoms with Crippen LogP contribution in [0.2, 0.25) is 0 Å². The molecule has 0 atom stereocenters. The summed E-state index contributed by atoms with van der Waals surface area (Å²) in [6, 6.07) is 11.4. The predicted octanol–water partition coefficient (Wildman–Crippen LogP) is 2.53. The van der Waals surface area contributed by atoms with Gasteiger partial charge in [0.1, 0.15) is 0 Å². The van der Waals surface area contributed by atoms with Gasteiger partial charge in [0.25, 0.3) is 5.91 Å². The average molecular weight is 401 g/mol. The number of nitro benzene ring substituents is 1. The van der Waals surface area contributed by atoms with E-state index < -0.39 is 23.4 Å². The molecule has 2 aromatic carbocycles. The SMILES string of the molecule is CCOc1ccc(C(=O)OCC(=O)NCc2ccc(N(C)C)cc2)cc1[N+](=O)[O-]. The van der Waals surface area contributed by atoms with E-state index in [9.17, 15) is 19.7 Å². The number of nitro groups is 1. The van der Waals surface area contributed by atoms with Crippen molar-refractivity contribution in [3.63, 3.8) is 0 Å². The highest BCUT2D eigenvalue weighted by molar-refractivity contribution is 5.92. The van der Waals surface area contributed by atoms with Crippen LogP contribution in [0.25, 0.3) is 0 Å². The minimum atomic E-state index is -0.832. The Bertz CT molecular complexity index is 880. The summed E-state index contributed by atoms with van der Waals surface area (Å²) in [7, 11) is 3.87. The Hall–Kier alpha value is -3.62. The summed E-state index contributed by atoms with van der Waals surface area (Å²) in [5, 5.41) is 13.8. The first kappa shape index (κ1) is 21.7. The zero-order valence-corrected chi connectivity index (χ0v) is 16.5. The van der Waals surface area contributed by atoms with Crippen LogP contribution < -0.4 is 15.0 Å². The number of carbonyl (C=O) groups excluding carboxylic acids is 2. The van der Waals surface area contributed by atoms with E-state index in [4.69, 9.17) is 9.47 Å². The largest absolute Gasteiger partial charge is 0.487 e. The van der Waals surface area contributed by atoms with Gasteiger partial charge in [-0.2, -0.15) is 0 Å². The zero-order valence-electron chi connectivity index (χ0n) is 16.5. The lowest BCUT2D eigenvalue weighted by Crippen LogP contribution is -2.28. The zero-order chi connectivity index (χ0) is 21.4. The van der Waals surface area contributed by atoms with Crippen molar-refractivity contribution in [3.8, 4) is 5.75 Å². The van der Waals surface area contributed by atoms with Crippen LogP contribution in [0.4, 0.5) is 11.4 Å². The van der Waals surface area contributed by atoms with Crippen LogP contribution in [0, 0.1) is 10.1 Å². The Balaban J connectivity index is 1.88. The minimum absolute atomic E-state index is 0.0350. The van der Waals surface area contributed by atoms with Gasteiger partial charge in [0.15, 0.2) is 12.4 Å². The van der Waals surface area contributed by atoms with Crippen molar-refractivity contribution in [2.75, 3.05) is 32.2 Å². The van der Waals surface area contributed by atoms with Crippen molar-refractivity contribution in [3.05, 3.63) is 63.7 Å². The molecule has 0 saturated heterocycles. The smallest absolute Gasteiger partial charge is 0.338 e. The van der Waals surface area contributed by atoms with Gasteiger partial charge >= 0.3 is 11.7 Å². The lowest BCUT2D eigenvalue weighted by Gasteiger charge is -2.13. The topological polar surface area (TPSA) is 111 Å². The molecule has 29 heavy (non-hydrogen) atoms.